The zero-order valence-electron chi connectivity index (χ0n) is 13.3. The van der Waals surface area contributed by atoms with Crippen LogP contribution < -0.4 is 0 Å². The first-order chi connectivity index (χ1) is 10.2. The Hall–Kier alpha value is -1.77. The summed E-state index contributed by atoms with van der Waals surface area (Å²) in [6, 6.07) is 10.8. The van der Waals surface area contributed by atoms with E-state index in [2.05, 4.69) is 36.1 Å². The van der Waals surface area contributed by atoms with Crippen LogP contribution in [0.1, 0.15) is 51.6 Å². The van der Waals surface area contributed by atoms with Crippen molar-refractivity contribution in [1.82, 2.24) is 4.90 Å². The second kappa shape index (κ2) is 7.30. The van der Waals surface area contributed by atoms with Crippen LogP contribution in [0.25, 0.3) is 0 Å². The Morgan fingerprint density at radius 1 is 1.29 bits per heavy atom. The summed E-state index contributed by atoms with van der Waals surface area (Å²) in [4.78, 5) is 14.5. The lowest BCUT2D eigenvalue weighted by Crippen LogP contribution is -2.25. The summed E-state index contributed by atoms with van der Waals surface area (Å²) in [5.74, 6) is -0.151. The van der Waals surface area contributed by atoms with Crippen molar-refractivity contribution in [2.45, 2.75) is 46.1 Å². The van der Waals surface area contributed by atoms with Gasteiger partial charge in [0.25, 0.3) is 0 Å². The summed E-state index contributed by atoms with van der Waals surface area (Å²) in [6.45, 7) is 7.54. The highest BCUT2D eigenvalue weighted by atomic mass is 16.5. The summed E-state index contributed by atoms with van der Waals surface area (Å²) >= 11 is 0. The molecular formula is C18H25NO2. The molecule has 1 aliphatic heterocycles. The van der Waals surface area contributed by atoms with E-state index in [1.54, 1.807) is 0 Å². The van der Waals surface area contributed by atoms with Gasteiger partial charge in [-0.3, -0.25) is 0 Å². The number of rotatable bonds is 5. The highest BCUT2D eigenvalue weighted by Gasteiger charge is 2.28. The molecule has 1 atom stereocenters. The van der Waals surface area contributed by atoms with Crippen molar-refractivity contribution >= 4 is 5.97 Å². The molecule has 0 unspecified atom stereocenters. The minimum absolute atomic E-state index is 0.151. The second-order valence-electron chi connectivity index (χ2n) is 5.38. The molecule has 1 aromatic rings. The van der Waals surface area contributed by atoms with E-state index in [9.17, 15) is 4.79 Å². The number of ether oxygens (including phenoxy) is 1. The van der Waals surface area contributed by atoms with Crippen LogP contribution in [-0.4, -0.2) is 24.0 Å². The van der Waals surface area contributed by atoms with Gasteiger partial charge in [0.05, 0.1) is 18.2 Å². The third-order valence-electron chi connectivity index (χ3n) is 4.13. The topological polar surface area (TPSA) is 29.5 Å². The number of nitrogens with zero attached hydrogens (tertiary/aromatic N) is 1. The smallest absolute Gasteiger partial charge is 0.335 e. The highest BCUT2D eigenvalue weighted by Crippen LogP contribution is 2.34. The van der Waals surface area contributed by atoms with E-state index in [1.165, 1.54) is 11.3 Å². The molecule has 114 valence electrons. The number of carbonyl (C=O) groups excluding carboxylic acids is 1. The molecule has 1 heterocycles. The Kier molecular flexibility index (Phi) is 5.43. The first kappa shape index (κ1) is 15.6. The number of esters is 1. The average Bonchev–Trinajstić information content (AvgIpc) is 2.98. The normalized spacial score (nSPS) is 18.5. The van der Waals surface area contributed by atoms with Crippen LogP contribution in [-0.2, 0) is 9.53 Å². The van der Waals surface area contributed by atoms with Crippen molar-refractivity contribution in [3.8, 4) is 0 Å². The Morgan fingerprint density at radius 2 is 2.00 bits per heavy atom. The van der Waals surface area contributed by atoms with Crippen LogP contribution >= 0.6 is 0 Å². The van der Waals surface area contributed by atoms with Crippen LogP contribution in [0, 0.1) is 0 Å². The van der Waals surface area contributed by atoms with E-state index in [0.717, 1.165) is 31.4 Å². The molecule has 0 amide bonds. The first-order valence-electron chi connectivity index (χ1n) is 7.89. The summed E-state index contributed by atoms with van der Waals surface area (Å²) in [5.41, 5.74) is 3.31. The summed E-state index contributed by atoms with van der Waals surface area (Å²) in [7, 11) is 0. The van der Waals surface area contributed by atoms with E-state index < -0.39 is 0 Å². The maximum Gasteiger partial charge on any atom is 0.335 e. The lowest BCUT2D eigenvalue weighted by molar-refractivity contribution is -0.138. The molecule has 1 saturated heterocycles. The third-order valence-corrected chi connectivity index (χ3v) is 4.13. The minimum Gasteiger partial charge on any atom is -0.463 e. The first-order valence-corrected chi connectivity index (χ1v) is 7.89. The van der Waals surface area contributed by atoms with E-state index >= 15 is 0 Å². The minimum atomic E-state index is -0.151. The number of allylic oxidation sites excluding steroid dienone is 1. The number of hydrogen-bond acceptors (Lipinski definition) is 3. The van der Waals surface area contributed by atoms with Crippen molar-refractivity contribution in [3.63, 3.8) is 0 Å². The average molecular weight is 287 g/mol. The maximum absolute atomic E-state index is 12.2. The lowest BCUT2D eigenvalue weighted by Gasteiger charge is -2.29. The summed E-state index contributed by atoms with van der Waals surface area (Å²) in [6.07, 6.45) is 2.81. The predicted molar refractivity (Wildman–Crippen MR) is 84.7 cm³/mol. The molecule has 2 rings (SSSR count). The Balaban J connectivity index is 2.28. The zero-order valence-corrected chi connectivity index (χ0v) is 13.3. The predicted octanol–water partition coefficient (Wildman–Crippen LogP) is 4.07. The lowest BCUT2D eigenvalue weighted by atomic mass is 10.0. The van der Waals surface area contributed by atoms with Gasteiger partial charge >= 0.3 is 5.97 Å². The van der Waals surface area contributed by atoms with Gasteiger partial charge in [0, 0.05) is 12.2 Å². The molecule has 3 heteroatoms. The SMILES string of the molecule is CCOC(=O)/C(CC)=C1\CCCN1[C@H](C)c1ccccc1. The van der Waals surface area contributed by atoms with Crippen LogP contribution in [0.2, 0.25) is 0 Å². The Morgan fingerprint density at radius 3 is 2.62 bits per heavy atom. The highest BCUT2D eigenvalue weighted by molar-refractivity contribution is 5.89. The van der Waals surface area contributed by atoms with Gasteiger partial charge in [-0.1, -0.05) is 37.3 Å². The summed E-state index contributed by atoms with van der Waals surface area (Å²) < 4.78 is 5.22. The van der Waals surface area contributed by atoms with E-state index in [1.807, 2.05) is 19.9 Å². The standard InChI is InChI=1S/C18H25NO2/c1-4-16(18(20)21-5-2)17-12-9-13-19(17)14(3)15-10-7-6-8-11-15/h6-8,10-11,14H,4-5,9,12-13H2,1-3H3/b17-16+/t14-/m1/s1. The van der Waals surface area contributed by atoms with Gasteiger partial charge in [-0.25, -0.2) is 4.79 Å². The fourth-order valence-corrected chi connectivity index (χ4v) is 3.04. The molecule has 1 aliphatic rings. The van der Waals surface area contributed by atoms with E-state index in [-0.39, 0.29) is 5.97 Å². The van der Waals surface area contributed by atoms with Gasteiger partial charge in [0.2, 0.25) is 0 Å². The molecule has 0 bridgehead atoms. The van der Waals surface area contributed by atoms with Gasteiger partial charge in [0.15, 0.2) is 0 Å². The monoisotopic (exact) mass is 287 g/mol. The molecule has 1 fully saturated rings. The maximum atomic E-state index is 12.2. The quantitative estimate of drug-likeness (QED) is 0.604. The number of hydrogen-bond donors (Lipinski definition) is 0. The van der Waals surface area contributed by atoms with Crippen molar-refractivity contribution in [2.24, 2.45) is 0 Å². The number of likely N-dealkylation sites (tertiary alicyclic amines) is 1. The number of carbonyl (C=O) groups is 1. The fourth-order valence-electron chi connectivity index (χ4n) is 3.04. The van der Waals surface area contributed by atoms with Gasteiger partial charge in [-0.2, -0.15) is 0 Å². The van der Waals surface area contributed by atoms with Crippen molar-refractivity contribution in [2.75, 3.05) is 13.2 Å². The van der Waals surface area contributed by atoms with Crippen LogP contribution in [0.5, 0.6) is 0 Å². The van der Waals surface area contributed by atoms with Crippen molar-refractivity contribution in [1.29, 1.82) is 0 Å². The Bertz CT molecular complexity index is 507. The van der Waals surface area contributed by atoms with E-state index in [0.29, 0.717) is 12.6 Å². The molecular weight excluding hydrogens is 262 g/mol. The van der Waals surface area contributed by atoms with Gasteiger partial charge in [-0.15, -0.1) is 0 Å². The number of benzene rings is 1. The third kappa shape index (κ3) is 3.46. The van der Waals surface area contributed by atoms with Crippen molar-refractivity contribution < 1.29 is 9.53 Å². The van der Waals surface area contributed by atoms with Crippen molar-refractivity contribution in [3.05, 3.63) is 47.2 Å². The van der Waals surface area contributed by atoms with Gasteiger partial charge < -0.3 is 9.64 Å². The molecule has 0 radical (unpaired) electrons. The Labute approximate surface area is 127 Å². The van der Waals surface area contributed by atoms with Crippen LogP contribution in [0.3, 0.4) is 0 Å². The second-order valence-corrected chi connectivity index (χ2v) is 5.38. The zero-order chi connectivity index (χ0) is 15.2. The van der Waals surface area contributed by atoms with E-state index in [4.69, 9.17) is 4.74 Å². The molecule has 0 spiro atoms. The van der Waals surface area contributed by atoms with Crippen LogP contribution in [0.4, 0.5) is 0 Å². The molecule has 0 saturated carbocycles. The van der Waals surface area contributed by atoms with Gasteiger partial charge in [-0.05, 0) is 38.7 Å². The fraction of sp³-hybridized carbons (Fsp3) is 0.500. The van der Waals surface area contributed by atoms with Crippen LogP contribution in [0.15, 0.2) is 41.6 Å². The molecule has 1 aromatic carbocycles. The molecule has 0 aromatic heterocycles. The molecule has 21 heavy (non-hydrogen) atoms. The molecule has 0 aliphatic carbocycles. The largest absolute Gasteiger partial charge is 0.463 e. The summed E-state index contributed by atoms with van der Waals surface area (Å²) in [5, 5.41) is 0. The van der Waals surface area contributed by atoms with Gasteiger partial charge in [0.1, 0.15) is 0 Å². The molecule has 0 N–H and O–H groups in total. The molecule has 3 nitrogen and oxygen atoms in total.